The highest BCUT2D eigenvalue weighted by Gasteiger charge is 2.04. The van der Waals surface area contributed by atoms with Crippen LogP contribution in [0.4, 0.5) is 0 Å². The van der Waals surface area contributed by atoms with Crippen LogP contribution in [0.3, 0.4) is 0 Å². The Morgan fingerprint density at radius 1 is 1.61 bits per heavy atom. The maximum Gasteiger partial charge on any atom is 0.246 e. The fourth-order valence-electron chi connectivity index (χ4n) is 1.32. The van der Waals surface area contributed by atoms with Gasteiger partial charge in [-0.05, 0) is 13.0 Å². The van der Waals surface area contributed by atoms with Gasteiger partial charge in [-0.2, -0.15) is 5.10 Å². The summed E-state index contributed by atoms with van der Waals surface area (Å²) in [6.45, 7) is 1.91. The summed E-state index contributed by atoms with van der Waals surface area (Å²) < 4.78 is 0. The minimum absolute atomic E-state index is 0.180. The number of aromatic nitrogens is 2. The van der Waals surface area contributed by atoms with Gasteiger partial charge in [-0.15, -0.1) is 11.3 Å². The van der Waals surface area contributed by atoms with E-state index in [0.29, 0.717) is 0 Å². The Labute approximate surface area is 109 Å². The Hall–Kier alpha value is -2.08. The minimum atomic E-state index is -0.180. The van der Waals surface area contributed by atoms with Crippen molar-refractivity contribution < 1.29 is 4.79 Å². The molecule has 0 fully saturated rings. The molecule has 18 heavy (non-hydrogen) atoms. The number of hydrogen-bond acceptors (Lipinski definition) is 5. The van der Waals surface area contributed by atoms with Crippen LogP contribution < -0.4 is 5.43 Å². The van der Waals surface area contributed by atoms with Crippen molar-refractivity contribution in [3.8, 4) is 0 Å². The molecule has 2 heterocycles. The van der Waals surface area contributed by atoms with Crippen LogP contribution in [-0.2, 0) is 11.2 Å². The molecule has 2 aromatic heterocycles. The van der Waals surface area contributed by atoms with Gasteiger partial charge in [0.15, 0.2) is 0 Å². The number of pyridine rings is 1. The molecule has 0 aromatic carbocycles. The molecule has 0 aliphatic carbocycles. The van der Waals surface area contributed by atoms with Crippen LogP contribution in [0.25, 0.3) is 0 Å². The van der Waals surface area contributed by atoms with Crippen LogP contribution in [0.5, 0.6) is 0 Å². The second-order valence-electron chi connectivity index (χ2n) is 3.61. The molecule has 6 heteroatoms. The van der Waals surface area contributed by atoms with Gasteiger partial charge in [0.1, 0.15) is 0 Å². The number of hydrazone groups is 1. The monoisotopic (exact) mass is 260 g/mol. The van der Waals surface area contributed by atoms with Crippen molar-refractivity contribution in [2.24, 2.45) is 5.10 Å². The summed E-state index contributed by atoms with van der Waals surface area (Å²) in [6, 6.07) is 3.66. The van der Waals surface area contributed by atoms with E-state index < -0.39 is 0 Å². The SMILES string of the molecule is Cc1nc(CC(=O)NN=Cc2cccnc2)cs1. The molecule has 0 saturated heterocycles. The average molecular weight is 260 g/mol. The highest BCUT2D eigenvalue weighted by atomic mass is 32.1. The molecule has 0 saturated carbocycles. The molecule has 0 spiro atoms. The van der Waals surface area contributed by atoms with Crippen LogP contribution in [0.15, 0.2) is 35.0 Å². The van der Waals surface area contributed by atoms with E-state index in [1.807, 2.05) is 18.4 Å². The largest absolute Gasteiger partial charge is 0.273 e. The number of hydrogen-bond donors (Lipinski definition) is 1. The van der Waals surface area contributed by atoms with Crippen molar-refractivity contribution in [1.29, 1.82) is 0 Å². The van der Waals surface area contributed by atoms with Crippen LogP contribution in [0, 0.1) is 6.92 Å². The Morgan fingerprint density at radius 3 is 3.17 bits per heavy atom. The Bertz CT molecular complexity index is 550. The molecular formula is C12H12N4OS. The first-order valence-electron chi connectivity index (χ1n) is 5.37. The van der Waals surface area contributed by atoms with Gasteiger partial charge in [0, 0.05) is 23.3 Å². The summed E-state index contributed by atoms with van der Waals surface area (Å²) in [5.74, 6) is -0.180. The zero-order chi connectivity index (χ0) is 12.8. The predicted octanol–water partition coefficient (Wildman–Crippen LogP) is 1.54. The highest BCUT2D eigenvalue weighted by Crippen LogP contribution is 2.08. The Balaban J connectivity index is 1.83. The highest BCUT2D eigenvalue weighted by molar-refractivity contribution is 7.09. The van der Waals surface area contributed by atoms with Crippen LogP contribution in [0.1, 0.15) is 16.3 Å². The lowest BCUT2D eigenvalue weighted by molar-refractivity contribution is -0.120. The first-order chi connectivity index (χ1) is 8.74. The molecule has 2 rings (SSSR count). The molecule has 5 nitrogen and oxygen atoms in total. The second kappa shape index (κ2) is 6.02. The fourth-order valence-corrected chi connectivity index (χ4v) is 1.94. The summed E-state index contributed by atoms with van der Waals surface area (Å²) in [4.78, 5) is 19.7. The molecule has 0 aliphatic rings. The quantitative estimate of drug-likeness (QED) is 0.669. The first kappa shape index (κ1) is 12.4. The van der Waals surface area contributed by atoms with E-state index in [1.54, 1.807) is 24.7 Å². The maximum absolute atomic E-state index is 11.5. The standard InChI is InChI=1S/C12H12N4OS/c1-9-15-11(8-18-9)5-12(17)16-14-7-10-3-2-4-13-6-10/h2-4,6-8H,5H2,1H3,(H,16,17). The smallest absolute Gasteiger partial charge is 0.246 e. The number of nitrogens with one attached hydrogen (secondary N) is 1. The topological polar surface area (TPSA) is 67.2 Å². The van der Waals surface area contributed by atoms with Gasteiger partial charge in [0.05, 0.1) is 23.3 Å². The van der Waals surface area contributed by atoms with Gasteiger partial charge in [0.25, 0.3) is 0 Å². The Morgan fingerprint density at radius 2 is 2.50 bits per heavy atom. The van der Waals surface area contributed by atoms with Crippen molar-refractivity contribution in [1.82, 2.24) is 15.4 Å². The van der Waals surface area contributed by atoms with Crippen LogP contribution in [-0.4, -0.2) is 22.1 Å². The van der Waals surface area contributed by atoms with E-state index in [4.69, 9.17) is 0 Å². The summed E-state index contributed by atoms with van der Waals surface area (Å²) in [5, 5.41) is 6.69. The number of nitrogens with zero attached hydrogens (tertiary/aromatic N) is 3. The van der Waals surface area contributed by atoms with Crippen molar-refractivity contribution in [3.63, 3.8) is 0 Å². The van der Waals surface area contributed by atoms with Gasteiger partial charge in [0.2, 0.25) is 5.91 Å². The third-order valence-electron chi connectivity index (χ3n) is 2.10. The second-order valence-corrected chi connectivity index (χ2v) is 4.68. The molecule has 92 valence electrons. The normalized spacial score (nSPS) is 10.7. The van der Waals surface area contributed by atoms with E-state index in [2.05, 4.69) is 20.5 Å². The van der Waals surface area contributed by atoms with Crippen LogP contribution in [0.2, 0.25) is 0 Å². The summed E-state index contributed by atoms with van der Waals surface area (Å²) in [6.07, 6.45) is 5.14. The van der Waals surface area contributed by atoms with Crippen molar-refractivity contribution in [2.45, 2.75) is 13.3 Å². The molecule has 0 radical (unpaired) electrons. The number of amides is 1. The maximum atomic E-state index is 11.5. The zero-order valence-electron chi connectivity index (χ0n) is 9.83. The lowest BCUT2D eigenvalue weighted by Crippen LogP contribution is -2.19. The predicted molar refractivity (Wildman–Crippen MR) is 70.5 cm³/mol. The van der Waals surface area contributed by atoms with E-state index >= 15 is 0 Å². The molecular weight excluding hydrogens is 248 g/mol. The molecule has 0 atom stereocenters. The number of rotatable bonds is 4. The number of thiazole rings is 1. The molecule has 1 amide bonds. The Kier molecular flexibility index (Phi) is 4.14. The van der Waals surface area contributed by atoms with Gasteiger partial charge in [-0.1, -0.05) is 6.07 Å². The van der Waals surface area contributed by atoms with Crippen molar-refractivity contribution in [2.75, 3.05) is 0 Å². The van der Waals surface area contributed by atoms with Crippen molar-refractivity contribution in [3.05, 3.63) is 46.2 Å². The third-order valence-corrected chi connectivity index (χ3v) is 2.92. The molecule has 0 bridgehead atoms. The molecule has 2 aromatic rings. The van der Waals surface area contributed by atoms with Crippen LogP contribution >= 0.6 is 11.3 Å². The van der Waals surface area contributed by atoms with E-state index in [9.17, 15) is 4.79 Å². The van der Waals surface area contributed by atoms with Gasteiger partial charge >= 0.3 is 0 Å². The first-order valence-corrected chi connectivity index (χ1v) is 6.25. The molecule has 0 unspecified atom stereocenters. The zero-order valence-corrected chi connectivity index (χ0v) is 10.6. The van der Waals surface area contributed by atoms with Gasteiger partial charge in [-0.25, -0.2) is 10.4 Å². The van der Waals surface area contributed by atoms with Gasteiger partial charge in [-0.3, -0.25) is 9.78 Å². The molecule has 1 N–H and O–H groups in total. The van der Waals surface area contributed by atoms with E-state index in [-0.39, 0.29) is 12.3 Å². The van der Waals surface area contributed by atoms with Gasteiger partial charge < -0.3 is 0 Å². The van der Waals surface area contributed by atoms with E-state index in [0.717, 1.165) is 16.3 Å². The summed E-state index contributed by atoms with van der Waals surface area (Å²) >= 11 is 1.53. The lowest BCUT2D eigenvalue weighted by Gasteiger charge is -1.96. The van der Waals surface area contributed by atoms with Crippen molar-refractivity contribution >= 4 is 23.5 Å². The number of carbonyl (C=O) groups excluding carboxylic acids is 1. The number of carbonyl (C=O) groups is 1. The summed E-state index contributed by atoms with van der Waals surface area (Å²) in [7, 11) is 0. The summed E-state index contributed by atoms with van der Waals surface area (Å²) in [5.41, 5.74) is 4.06. The third kappa shape index (κ3) is 3.74. The van der Waals surface area contributed by atoms with E-state index in [1.165, 1.54) is 11.3 Å². The average Bonchev–Trinajstić information content (AvgIpc) is 2.76. The lowest BCUT2D eigenvalue weighted by atomic mass is 10.3. The fraction of sp³-hybridized carbons (Fsp3) is 0.167. The minimum Gasteiger partial charge on any atom is -0.273 e. The number of aryl methyl sites for hydroxylation is 1. The molecule has 0 aliphatic heterocycles.